The van der Waals surface area contributed by atoms with E-state index in [1.807, 2.05) is 0 Å². The number of aromatic nitrogens is 4. The molecule has 0 amide bonds. The first-order valence-electron chi connectivity index (χ1n) is 7.44. The Kier molecular flexibility index (Phi) is 5.14. The minimum Gasteiger partial charge on any atom is -0.339 e. The normalized spacial score (nSPS) is 11.7. The number of imidazole rings is 1. The van der Waals surface area contributed by atoms with E-state index in [9.17, 15) is 9.59 Å². The second-order valence-corrected chi connectivity index (χ2v) is 5.13. The first kappa shape index (κ1) is 15.3. The van der Waals surface area contributed by atoms with E-state index in [1.165, 1.54) is 15.5 Å². The van der Waals surface area contributed by atoms with Crippen molar-refractivity contribution in [2.45, 2.75) is 45.6 Å². The van der Waals surface area contributed by atoms with E-state index in [0.29, 0.717) is 17.7 Å². The highest BCUT2D eigenvalue weighted by Gasteiger charge is 2.12. The van der Waals surface area contributed by atoms with Crippen LogP contribution in [0.1, 0.15) is 39.0 Å². The summed E-state index contributed by atoms with van der Waals surface area (Å²) < 4.78 is 2.71. The number of allylic oxidation sites excluding steroid dienone is 2. The molecular weight excluding hydrogens is 268 g/mol. The fraction of sp³-hybridized carbons (Fsp3) is 0.533. The van der Waals surface area contributed by atoms with Crippen molar-refractivity contribution in [3.8, 4) is 0 Å². The van der Waals surface area contributed by atoms with E-state index in [4.69, 9.17) is 0 Å². The van der Waals surface area contributed by atoms with Gasteiger partial charge in [0.15, 0.2) is 5.65 Å². The van der Waals surface area contributed by atoms with E-state index in [2.05, 4.69) is 29.0 Å². The van der Waals surface area contributed by atoms with E-state index in [-0.39, 0.29) is 11.2 Å². The second kappa shape index (κ2) is 7.06. The lowest BCUT2D eigenvalue weighted by molar-refractivity contribution is 0.544. The number of hydrogen-bond donors (Lipinski definition) is 1. The third kappa shape index (κ3) is 3.32. The third-order valence-corrected chi connectivity index (χ3v) is 3.57. The van der Waals surface area contributed by atoms with Crippen molar-refractivity contribution in [1.82, 2.24) is 19.1 Å². The van der Waals surface area contributed by atoms with E-state index < -0.39 is 0 Å². The van der Waals surface area contributed by atoms with Crippen LogP contribution in [-0.2, 0) is 13.6 Å². The summed E-state index contributed by atoms with van der Waals surface area (Å²) in [6.07, 6.45) is 10.8. The van der Waals surface area contributed by atoms with Crippen molar-refractivity contribution in [3.05, 3.63) is 39.3 Å². The number of fused-ring (bicyclic) bond motifs is 1. The van der Waals surface area contributed by atoms with Crippen molar-refractivity contribution in [2.24, 2.45) is 7.05 Å². The summed E-state index contributed by atoms with van der Waals surface area (Å²) >= 11 is 0. The molecule has 0 aliphatic rings. The Labute approximate surface area is 123 Å². The summed E-state index contributed by atoms with van der Waals surface area (Å²) in [5.41, 5.74) is 0.218. The smallest absolute Gasteiger partial charge is 0.332 e. The maximum atomic E-state index is 12.2. The van der Waals surface area contributed by atoms with Crippen LogP contribution in [-0.4, -0.2) is 19.1 Å². The van der Waals surface area contributed by atoms with Crippen LogP contribution < -0.4 is 11.2 Å². The summed E-state index contributed by atoms with van der Waals surface area (Å²) in [4.78, 5) is 31.2. The third-order valence-electron chi connectivity index (χ3n) is 3.57. The molecule has 21 heavy (non-hydrogen) atoms. The molecule has 0 saturated carbocycles. The molecule has 0 saturated heterocycles. The fourth-order valence-electron chi connectivity index (χ4n) is 2.38. The molecule has 0 atom stereocenters. The quantitative estimate of drug-likeness (QED) is 0.625. The van der Waals surface area contributed by atoms with Crippen molar-refractivity contribution in [3.63, 3.8) is 0 Å². The van der Waals surface area contributed by atoms with Crippen LogP contribution in [0.4, 0.5) is 0 Å². The Hall–Kier alpha value is -2.11. The topological polar surface area (TPSA) is 72.7 Å². The van der Waals surface area contributed by atoms with Crippen LogP contribution in [0.15, 0.2) is 28.1 Å². The van der Waals surface area contributed by atoms with Crippen LogP contribution in [0.25, 0.3) is 11.2 Å². The number of unbranched alkanes of at least 4 members (excludes halogenated alkanes) is 3. The van der Waals surface area contributed by atoms with Gasteiger partial charge in [0.05, 0.1) is 6.33 Å². The van der Waals surface area contributed by atoms with Crippen LogP contribution in [0.2, 0.25) is 0 Å². The average molecular weight is 290 g/mol. The minimum absolute atomic E-state index is 0.281. The monoisotopic (exact) mass is 290 g/mol. The minimum atomic E-state index is -0.300. The summed E-state index contributed by atoms with van der Waals surface area (Å²) in [6.45, 7) is 2.57. The zero-order valence-corrected chi connectivity index (χ0v) is 12.6. The molecule has 2 rings (SSSR count). The Balaban J connectivity index is 2.04. The molecule has 2 aromatic rings. The average Bonchev–Trinajstić information content (AvgIpc) is 2.97. The maximum Gasteiger partial charge on any atom is 0.332 e. The van der Waals surface area contributed by atoms with E-state index >= 15 is 0 Å². The van der Waals surface area contributed by atoms with Crippen molar-refractivity contribution in [2.75, 3.05) is 0 Å². The van der Waals surface area contributed by atoms with Crippen molar-refractivity contribution >= 4 is 11.2 Å². The number of aryl methyl sites for hydroxylation is 1. The number of nitrogens with one attached hydrogen (secondary N) is 1. The molecule has 0 aromatic carbocycles. The van der Waals surface area contributed by atoms with E-state index in [1.54, 1.807) is 7.05 Å². The summed E-state index contributed by atoms with van der Waals surface area (Å²) in [7, 11) is 1.64. The second-order valence-electron chi connectivity index (χ2n) is 5.13. The van der Waals surface area contributed by atoms with Gasteiger partial charge in [0.25, 0.3) is 5.56 Å². The maximum absolute atomic E-state index is 12.2. The van der Waals surface area contributed by atoms with Crippen LogP contribution in [0.3, 0.4) is 0 Å². The zero-order valence-electron chi connectivity index (χ0n) is 12.6. The van der Waals surface area contributed by atoms with Gasteiger partial charge in [-0.25, -0.2) is 9.78 Å². The molecule has 0 spiro atoms. The number of nitrogens with zero attached hydrogens (tertiary/aromatic N) is 3. The van der Waals surface area contributed by atoms with Gasteiger partial charge >= 0.3 is 5.69 Å². The lowest BCUT2D eigenvalue weighted by Crippen LogP contribution is -2.39. The van der Waals surface area contributed by atoms with Crippen LogP contribution in [0.5, 0.6) is 0 Å². The Morgan fingerprint density at radius 3 is 2.81 bits per heavy atom. The first-order chi connectivity index (χ1) is 10.2. The number of H-pyrrole nitrogens is 1. The lowest BCUT2D eigenvalue weighted by Gasteiger charge is -2.07. The van der Waals surface area contributed by atoms with Gasteiger partial charge in [-0.15, -0.1) is 0 Å². The first-order valence-corrected chi connectivity index (χ1v) is 7.44. The van der Waals surface area contributed by atoms with Crippen LogP contribution in [0, 0.1) is 0 Å². The summed E-state index contributed by atoms with van der Waals surface area (Å²) in [5, 5.41) is 0. The number of aromatic amines is 1. The molecule has 0 radical (unpaired) electrons. The predicted molar refractivity (Wildman–Crippen MR) is 83.5 cm³/mol. The standard InChI is InChI=1S/C15H22N4O2/c1-3-4-5-6-7-8-9-10-19-14(20)12-13(17-11-16-12)18(2)15(19)21/h4-5,11H,3,6-10H2,1-2H3,(H,16,17)/b5-4-. The molecule has 6 nitrogen and oxygen atoms in total. The van der Waals surface area contributed by atoms with Gasteiger partial charge in [0.2, 0.25) is 0 Å². The highest BCUT2D eigenvalue weighted by Crippen LogP contribution is 2.03. The van der Waals surface area contributed by atoms with Gasteiger partial charge in [-0.3, -0.25) is 13.9 Å². The van der Waals surface area contributed by atoms with Gasteiger partial charge in [0, 0.05) is 13.6 Å². The van der Waals surface area contributed by atoms with E-state index in [0.717, 1.165) is 32.1 Å². The van der Waals surface area contributed by atoms with Crippen LogP contribution >= 0.6 is 0 Å². The van der Waals surface area contributed by atoms with Gasteiger partial charge < -0.3 is 4.98 Å². The molecule has 114 valence electrons. The van der Waals surface area contributed by atoms with Crippen molar-refractivity contribution in [1.29, 1.82) is 0 Å². The fourth-order valence-corrected chi connectivity index (χ4v) is 2.38. The van der Waals surface area contributed by atoms with Gasteiger partial charge in [-0.2, -0.15) is 0 Å². The summed E-state index contributed by atoms with van der Waals surface area (Å²) in [5.74, 6) is 0. The number of rotatable bonds is 7. The Morgan fingerprint density at radius 1 is 1.24 bits per heavy atom. The van der Waals surface area contributed by atoms with Crippen molar-refractivity contribution < 1.29 is 0 Å². The molecule has 0 aliphatic heterocycles. The number of hydrogen-bond acceptors (Lipinski definition) is 3. The molecule has 2 aromatic heterocycles. The molecule has 6 heteroatoms. The predicted octanol–water partition coefficient (Wildman–Crippen LogP) is 1.95. The molecule has 0 bridgehead atoms. The largest absolute Gasteiger partial charge is 0.339 e. The summed E-state index contributed by atoms with van der Waals surface area (Å²) in [6, 6.07) is 0. The highest BCUT2D eigenvalue weighted by molar-refractivity contribution is 5.68. The van der Waals surface area contributed by atoms with Gasteiger partial charge in [-0.1, -0.05) is 25.5 Å². The molecule has 0 unspecified atom stereocenters. The molecule has 1 N–H and O–H groups in total. The molecule has 0 fully saturated rings. The Bertz CT molecular complexity index is 736. The van der Waals surface area contributed by atoms with Gasteiger partial charge in [-0.05, 0) is 25.7 Å². The van der Waals surface area contributed by atoms with Gasteiger partial charge in [0.1, 0.15) is 5.52 Å². The molecule has 2 heterocycles. The highest BCUT2D eigenvalue weighted by atomic mass is 16.2. The SMILES string of the molecule is CC/C=C\CCCCCn1c(=O)c2[nH]cnc2n(C)c1=O. The zero-order chi connectivity index (χ0) is 15.2. The molecular formula is C15H22N4O2. The lowest BCUT2D eigenvalue weighted by atomic mass is 10.2. The molecule has 0 aliphatic carbocycles. The Morgan fingerprint density at radius 2 is 2.05 bits per heavy atom.